The number of imidazole rings is 1. The Hall–Kier alpha value is -2.95. The summed E-state index contributed by atoms with van der Waals surface area (Å²) in [6, 6.07) is 12.3. The smallest absolute Gasteiger partial charge is 0.303 e. The molecule has 0 fully saturated rings. The van der Waals surface area contributed by atoms with E-state index < -0.39 is 16.0 Å². The Morgan fingerprint density at radius 3 is 2.44 bits per heavy atom. The van der Waals surface area contributed by atoms with Crippen molar-refractivity contribution >= 4 is 45.3 Å². The number of fused-ring (bicyclic) bond motifs is 1. The molecular weight excluding hydrogens is 478 g/mol. The van der Waals surface area contributed by atoms with E-state index in [9.17, 15) is 13.2 Å². The van der Waals surface area contributed by atoms with Crippen molar-refractivity contribution in [1.29, 1.82) is 5.41 Å². The minimum absolute atomic E-state index is 0. The van der Waals surface area contributed by atoms with Crippen LogP contribution in [-0.2, 0) is 28.3 Å². The molecule has 3 aromatic rings. The lowest BCUT2D eigenvalue weighted by atomic mass is 10.1. The zero-order valence-corrected chi connectivity index (χ0v) is 20.8. The third-order valence-corrected chi connectivity index (χ3v) is 7.58. The molecular formula is C23H30ClN5O4S. The van der Waals surface area contributed by atoms with Gasteiger partial charge < -0.3 is 15.4 Å². The number of hydrogen-bond donors (Lipinski definition) is 3. The molecule has 0 radical (unpaired) electrons. The fourth-order valence-corrected chi connectivity index (χ4v) is 5.20. The zero-order valence-electron chi connectivity index (χ0n) is 19.2. The molecule has 0 bridgehead atoms. The van der Waals surface area contributed by atoms with Crippen LogP contribution in [0.1, 0.15) is 43.1 Å². The summed E-state index contributed by atoms with van der Waals surface area (Å²) in [4.78, 5) is 15.5. The van der Waals surface area contributed by atoms with E-state index in [0.29, 0.717) is 36.9 Å². The van der Waals surface area contributed by atoms with Gasteiger partial charge in [0.1, 0.15) is 11.7 Å². The first-order chi connectivity index (χ1) is 15.6. The van der Waals surface area contributed by atoms with E-state index >= 15 is 0 Å². The highest BCUT2D eigenvalue weighted by atomic mass is 35.5. The highest BCUT2D eigenvalue weighted by Crippen LogP contribution is 2.24. The Bertz CT molecular complexity index is 1270. The maximum absolute atomic E-state index is 13.2. The molecule has 11 heteroatoms. The number of unbranched alkanes of at least 4 members (excludes halogenated alkanes) is 1. The summed E-state index contributed by atoms with van der Waals surface area (Å²) < 4.78 is 29.6. The van der Waals surface area contributed by atoms with Gasteiger partial charge in [-0.25, -0.2) is 13.4 Å². The third kappa shape index (κ3) is 6.13. The van der Waals surface area contributed by atoms with Gasteiger partial charge in [0.05, 0.1) is 15.9 Å². The molecule has 0 aliphatic carbocycles. The van der Waals surface area contributed by atoms with Crippen LogP contribution in [0.4, 0.5) is 0 Å². The monoisotopic (exact) mass is 507 g/mol. The quantitative estimate of drug-likeness (QED) is 0.207. The number of aliphatic carboxylic acids is 1. The lowest BCUT2D eigenvalue weighted by Gasteiger charge is -2.20. The molecule has 2 aromatic carbocycles. The summed E-state index contributed by atoms with van der Waals surface area (Å²) in [6.07, 6.45) is 1.49. The van der Waals surface area contributed by atoms with Crippen molar-refractivity contribution in [3.63, 3.8) is 0 Å². The second-order valence-electron chi connectivity index (χ2n) is 7.87. The molecule has 4 N–H and O–H groups in total. The van der Waals surface area contributed by atoms with Gasteiger partial charge >= 0.3 is 5.97 Å². The Morgan fingerprint density at radius 1 is 1.18 bits per heavy atom. The van der Waals surface area contributed by atoms with Gasteiger partial charge in [-0.3, -0.25) is 10.2 Å². The van der Waals surface area contributed by atoms with E-state index in [1.807, 2.05) is 23.7 Å². The van der Waals surface area contributed by atoms with Crippen LogP contribution >= 0.6 is 12.4 Å². The molecule has 0 aliphatic rings. The van der Waals surface area contributed by atoms with Gasteiger partial charge in [0.25, 0.3) is 0 Å². The van der Waals surface area contributed by atoms with Crippen LogP contribution < -0.4 is 5.73 Å². The van der Waals surface area contributed by atoms with Crippen molar-refractivity contribution in [3.8, 4) is 0 Å². The highest BCUT2D eigenvalue weighted by Gasteiger charge is 2.24. The molecule has 0 atom stereocenters. The average molecular weight is 508 g/mol. The molecule has 0 unspecified atom stereocenters. The zero-order chi connectivity index (χ0) is 24.2. The fraction of sp³-hybridized carbons (Fsp3) is 0.348. The maximum Gasteiger partial charge on any atom is 0.303 e. The van der Waals surface area contributed by atoms with Gasteiger partial charge in [0.2, 0.25) is 10.0 Å². The summed E-state index contributed by atoms with van der Waals surface area (Å²) in [6.45, 7) is 2.34. The van der Waals surface area contributed by atoms with Gasteiger partial charge in [-0.2, -0.15) is 4.31 Å². The Labute approximate surface area is 205 Å². The lowest BCUT2D eigenvalue weighted by molar-refractivity contribution is -0.137. The summed E-state index contributed by atoms with van der Waals surface area (Å²) in [5.74, 6) is -0.0794. The number of aromatic nitrogens is 2. The normalized spacial score (nSPS) is 11.5. The second kappa shape index (κ2) is 11.5. The van der Waals surface area contributed by atoms with Gasteiger partial charge in [-0.1, -0.05) is 31.2 Å². The topological polar surface area (TPSA) is 142 Å². The minimum atomic E-state index is -3.71. The van der Waals surface area contributed by atoms with Crippen molar-refractivity contribution in [2.24, 2.45) is 12.8 Å². The standard InChI is InChI=1S/C23H29N5O4S.ClH/c1-3-28(13-5-4-6-22(29)30)33(31,32)18-11-12-20-19(15-18)26-21(27(20)2)14-16-7-9-17(10-8-16)23(24)25;/h7-12,15H,3-6,13-14H2,1-2H3,(H3,24,25)(H,29,30);1H. The molecule has 34 heavy (non-hydrogen) atoms. The van der Waals surface area contributed by atoms with Crippen molar-refractivity contribution in [2.45, 2.75) is 37.5 Å². The number of rotatable bonds is 11. The number of aryl methyl sites for hydroxylation is 1. The van der Waals surface area contributed by atoms with Crippen LogP contribution in [0.25, 0.3) is 11.0 Å². The Morgan fingerprint density at radius 2 is 1.85 bits per heavy atom. The molecule has 3 rings (SSSR count). The molecule has 0 saturated carbocycles. The number of halogens is 1. The molecule has 1 heterocycles. The SMILES string of the molecule is CCN(CCCCC(=O)O)S(=O)(=O)c1ccc2c(c1)nc(Cc1ccc(C(=N)N)cc1)n2C.Cl. The first-order valence-corrected chi connectivity index (χ1v) is 12.2. The summed E-state index contributed by atoms with van der Waals surface area (Å²) in [7, 11) is -1.82. The van der Waals surface area contributed by atoms with Crippen molar-refractivity contribution in [1.82, 2.24) is 13.9 Å². The number of nitrogens with two attached hydrogens (primary N) is 1. The van der Waals surface area contributed by atoms with Crippen LogP contribution in [0.5, 0.6) is 0 Å². The molecule has 184 valence electrons. The van der Waals surface area contributed by atoms with Crippen LogP contribution in [0.15, 0.2) is 47.4 Å². The van der Waals surface area contributed by atoms with Gasteiger partial charge in [-0.05, 0) is 36.6 Å². The largest absolute Gasteiger partial charge is 0.481 e. The van der Waals surface area contributed by atoms with Gasteiger partial charge in [0.15, 0.2) is 0 Å². The number of nitrogen functional groups attached to an aromatic ring is 1. The predicted octanol–water partition coefficient (Wildman–Crippen LogP) is 3.14. The van der Waals surface area contributed by atoms with Crippen molar-refractivity contribution in [2.75, 3.05) is 13.1 Å². The van der Waals surface area contributed by atoms with Crippen LogP contribution in [-0.4, -0.2) is 52.3 Å². The highest BCUT2D eigenvalue weighted by molar-refractivity contribution is 7.89. The third-order valence-electron chi connectivity index (χ3n) is 5.61. The first kappa shape index (κ1) is 27.3. The van der Waals surface area contributed by atoms with Gasteiger partial charge in [0, 0.05) is 38.5 Å². The minimum Gasteiger partial charge on any atom is -0.481 e. The van der Waals surface area contributed by atoms with E-state index in [2.05, 4.69) is 4.98 Å². The number of sulfonamides is 1. The lowest BCUT2D eigenvalue weighted by Crippen LogP contribution is -2.32. The van der Waals surface area contributed by atoms with Crippen LogP contribution in [0.3, 0.4) is 0 Å². The molecule has 0 aliphatic heterocycles. The summed E-state index contributed by atoms with van der Waals surface area (Å²) >= 11 is 0. The van der Waals surface area contributed by atoms with E-state index in [4.69, 9.17) is 16.2 Å². The molecule has 0 saturated heterocycles. The Balaban J connectivity index is 0.00000408. The number of hydrogen-bond acceptors (Lipinski definition) is 5. The van der Waals surface area contributed by atoms with E-state index in [-0.39, 0.29) is 36.1 Å². The van der Waals surface area contributed by atoms with E-state index in [1.54, 1.807) is 37.3 Å². The van der Waals surface area contributed by atoms with Crippen LogP contribution in [0, 0.1) is 5.41 Å². The fourth-order valence-electron chi connectivity index (χ4n) is 3.69. The van der Waals surface area contributed by atoms with Crippen LogP contribution in [0.2, 0.25) is 0 Å². The predicted molar refractivity (Wildman–Crippen MR) is 134 cm³/mol. The molecule has 1 aromatic heterocycles. The number of nitrogens with one attached hydrogen (secondary N) is 1. The second-order valence-corrected chi connectivity index (χ2v) is 9.81. The number of nitrogens with zero attached hydrogens (tertiary/aromatic N) is 3. The Kier molecular flexibility index (Phi) is 9.20. The molecule has 0 spiro atoms. The van der Waals surface area contributed by atoms with E-state index in [0.717, 1.165) is 16.9 Å². The van der Waals surface area contributed by atoms with Crippen molar-refractivity contribution < 1.29 is 18.3 Å². The molecule has 0 amide bonds. The summed E-state index contributed by atoms with van der Waals surface area (Å²) in [5, 5.41) is 16.3. The summed E-state index contributed by atoms with van der Waals surface area (Å²) in [5.41, 5.74) is 8.59. The first-order valence-electron chi connectivity index (χ1n) is 10.7. The van der Waals surface area contributed by atoms with Crippen molar-refractivity contribution in [3.05, 3.63) is 59.4 Å². The number of carboxylic acid groups (broad SMARTS) is 1. The number of amidine groups is 1. The number of carbonyl (C=O) groups is 1. The number of benzene rings is 2. The number of carboxylic acids is 1. The average Bonchev–Trinajstić information content (AvgIpc) is 3.08. The van der Waals surface area contributed by atoms with E-state index in [1.165, 1.54) is 4.31 Å². The maximum atomic E-state index is 13.2. The van der Waals surface area contributed by atoms with Gasteiger partial charge in [-0.15, -0.1) is 12.4 Å². The molecule has 9 nitrogen and oxygen atoms in total.